The molecular weight excluding hydrogens is 212 g/mol. The molecule has 1 aromatic carbocycles. The van der Waals surface area contributed by atoms with Gasteiger partial charge in [0, 0.05) is 5.92 Å². The Bertz CT molecular complexity index is 545. The third-order valence-corrected chi connectivity index (χ3v) is 3.23. The molecule has 0 spiro atoms. The first-order valence-corrected chi connectivity index (χ1v) is 5.80. The topological polar surface area (TPSA) is 64.7 Å². The fraction of sp³-hybridized carbons (Fsp3) is 0.308. The third-order valence-electron chi connectivity index (χ3n) is 3.23. The van der Waals surface area contributed by atoms with Gasteiger partial charge in [0.15, 0.2) is 0 Å². The zero-order chi connectivity index (χ0) is 11.8. The van der Waals surface area contributed by atoms with Crippen LogP contribution in [0.15, 0.2) is 24.3 Å². The standard InChI is InChI=1S/C13H14N4/c1-8-15-12(17-13(14)16-8)11-7-6-9-4-2-3-5-10(9)11/h2-5,11H,6-7H2,1H3,(H2,14,15,16,17). The van der Waals surface area contributed by atoms with Gasteiger partial charge in [-0.2, -0.15) is 9.97 Å². The van der Waals surface area contributed by atoms with Gasteiger partial charge in [-0.05, 0) is 30.9 Å². The van der Waals surface area contributed by atoms with Gasteiger partial charge in [0.1, 0.15) is 11.6 Å². The van der Waals surface area contributed by atoms with Crippen molar-refractivity contribution in [1.82, 2.24) is 15.0 Å². The first-order chi connectivity index (χ1) is 8.24. The molecule has 0 fully saturated rings. The molecule has 0 radical (unpaired) electrons. The van der Waals surface area contributed by atoms with Gasteiger partial charge in [0.25, 0.3) is 0 Å². The second-order valence-electron chi connectivity index (χ2n) is 4.39. The summed E-state index contributed by atoms with van der Waals surface area (Å²) in [6, 6.07) is 8.47. The minimum atomic E-state index is 0.273. The van der Waals surface area contributed by atoms with Crippen LogP contribution in [0.3, 0.4) is 0 Å². The van der Waals surface area contributed by atoms with Gasteiger partial charge in [-0.1, -0.05) is 24.3 Å². The van der Waals surface area contributed by atoms with Crippen LogP contribution in [0.25, 0.3) is 0 Å². The van der Waals surface area contributed by atoms with Gasteiger partial charge in [-0.15, -0.1) is 0 Å². The van der Waals surface area contributed by atoms with E-state index in [1.54, 1.807) is 0 Å². The number of nitrogen functional groups attached to an aromatic ring is 1. The van der Waals surface area contributed by atoms with Crippen molar-refractivity contribution in [3.63, 3.8) is 0 Å². The molecule has 0 saturated carbocycles. The number of anilines is 1. The molecule has 1 aliphatic rings. The molecule has 86 valence electrons. The summed E-state index contributed by atoms with van der Waals surface area (Å²) in [6.45, 7) is 1.85. The summed E-state index contributed by atoms with van der Waals surface area (Å²) in [5, 5.41) is 0. The van der Waals surface area contributed by atoms with Gasteiger partial charge in [-0.25, -0.2) is 4.98 Å². The van der Waals surface area contributed by atoms with Crippen molar-refractivity contribution in [2.45, 2.75) is 25.7 Å². The van der Waals surface area contributed by atoms with Crippen LogP contribution in [0.5, 0.6) is 0 Å². The molecule has 0 saturated heterocycles. The molecule has 1 aliphatic carbocycles. The van der Waals surface area contributed by atoms with Crippen LogP contribution in [0.4, 0.5) is 5.95 Å². The van der Waals surface area contributed by atoms with Gasteiger partial charge in [0.05, 0.1) is 0 Å². The summed E-state index contributed by atoms with van der Waals surface area (Å²) >= 11 is 0. The SMILES string of the molecule is Cc1nc(N)nc(C2CCc3ccccc32)n1. The summed E-state index contributed by atoms with van der Waals surface area (Å²) in [4.78, 5) is 12.7. The van der Waals surface area contributed by atoms with E-state index in [-0.39, 0.29) is 5.92 Å². The predicted molar refractivity (Wildman–Crippen MR) is 65.6 cm³/mol. The highest BCUT2D eigenvalue weighted by atomic mass is 15.1. The fourth-order valence-electron chi connectivity index (χ4n) is 2.51. The molecule has 0 aliphatic heterocycles. The van der Waals surface area contributed by atoms with E-state index in [2.05, 4.69) is 39.2 Å². The van der Waals surface area contributed by atoms with Crippen LogP contribution in [0.1, 0.15) is 35.1 Å². The maximum absolute atomic E-state index is 5.68. The molecule has 4 nitrogen and oxygen atoms in total. The lowest BCUT2D eigenvalue weighted by Crippen LogP contribution is -2.08. The lowest BCUT2D eigenvalue weighted by atomic mass is 10.0. The lowest BCUT2D eigenvalue weighted by molar-refractivity contribution is 0.714. The quantitative estimate of drug-likeness (QED) is 0.805. The highest BCUT2D eigenvalue weighted by molar-refractivity contribution is 5.39. The number of aryl methyl sites for hydroxylation is 2. The van der Waals surface area contributed by atoms with Crippen molar-refractivity contribution in [2.24, 2.45) is 0 Å². The predicted octanol–water partition coefficient (Wildman–Crippen LogP) is 1.84. The number of aromatic nitrogens is 3. The maximum atomic E-state index is 5.68. The Kier molecular flexibility index (Phi) is 2.28. The van der Waals surface area contributed by atoms with Crippen molar-refractivity contribution < 1.29 is 0 Å². The van der Waals surface area contributed by atoms with Crippen LogP contribution in [0, 0.1) is 6.92 Å². The van der Waals surface area contributed by atoms with Gasteiger partial charge in [0.2, 0.25) is 5.95 Å². The lowest BCUT2D eigenvalue weighted by Gasteiger charge is -2.10. The molecule has 4 heteroatoms. The second kappa shape index (κ2) is 3.80. The van der Waals surface area contributed by atoms with Crippen molar-refractivity contribution in [2.75, 3.05) is 5.73 Å². The van der Waals surface area contributed by atoms with Crippen molar-refractivity contribution in [3.05, 3.63) is 47.0 Å². The summed E-state index contributed by atoms with van der Waals surface area (Å²) in [5.74, 6) is 2.09. The fourth-order valence-corrected chi connectivity index (χ4v) is 2.51. The highest BCUT2D eigenvalue weighted by Gasteiger charge is 2.26. The average Bonchev–Trinajstić information content (AvgIpc) is 2.71. The minimum Gasteiger partial charge on any atom is -0.368 e. The van der Waals surface area contributed by atoms with Gasteiger partial charge in [-0.3, -0.25) is 0 Å². The summed E-state index contributed by atoms with van der Waals surface area (Å²) in [7, 11) is 0. The molecule has 2 N–H and O–H groups in total. The largest absolute Gasteiger partial charge is 0.368 e. The van der Waals surface area contributed by atoms with Crippen LogP contribution < -0.4 is 5.73 Å². The molecule has 0 amide bonds. The van der Waals surface area contributed by atoms with Crippen molar-refractivity contribution >= 4 is 5.95 Å². The van der Waals surface area contributed by atoms with Crippen LogP contribution in [0.2, 0.25) is 0 Å². The molecule has 1 aromatic heterocycles. The number of nitrogens with two attached hydrogens (primary N) is 1. The van der Waals surface area contributed by atoms with Gasteiger partial charge >= 0.3 is 0 Å². The molecule has 1 unspecified atom stereocenters. The summed E-state index contributed by atoms with van der Waals surface area (Å²) in [5.41, 5.74) is 8.41. The monoisotopic (exact) mass is 226 g/mol. The second-order valence-corrected chi connectivity index (χ2v) is 4.39. The van der Waals surface area contributed by atoms with Crippen molar-refractivity contribution in [3.8, 4) is 0 Å². The highest BCUT2D eigenvalue weighted by Crippen LogP contribution is 2.36. The van der Waals surface area contributed by atoms with E-state index in [0.29, 0.717) is 11.8 Å². The van der Waals surface area contributed by atoms with E-state index in [4.69, 9.17) is 5.73 Å². The molecule has 2 aromatic rings. The number of hydrogen-bond donors (Lipinski definition) is 1. The third kappa shape index (κ3) is 1.75. The number of hydrogen-bond acceptors (Lipinski definition) is 4. The first-order valence-electron chi connectivity index (χ1n) is 5.80. The number of rotatable bonds is 1. The van der Waals surface area contributed by atoms with E-state index in [1.165, 1.54) is 11.1 Å². The Balaban J connectivity index is 2.06. The van der Waals surface area contributed by atoms with Crippen LogP contribution in [-0.2, 0) is 6.42 Å². The maximum Gasteiger partial charge on any atom is 0.223 e. The Morgan fingerprint density at radius 2 is 2.00 bits per heavy atom. The number of benzene rings is 1. The summed E-state index contributed by atoms with van der Waals surface area (Å²) < 4.78 is 0. The Labute approximate surface area is 99.9 Å². The van der Waals surface area contributed by atoms with E-state index >= 15 is 0 Å². The molecule has 17 heavy (non-hydrogen) atoms. The van der Waals surface area contributed by atoms with E-state index < -0.39 is 0 Å². The molecule has 1 heterocycles. The van der Waals surface area contributed by atoms with Crippen LogP contribution in [-0.4, -0.2) is 15.0 Å². The first kappa shape index (κ1) is 10.2. The Hall–Kier alpha value is -1.97. The molecule has 0 bridgehead atoms. The average molecular weight is 226 g/mol. The van der Waals surface area contributed by atoms with Crippen molar-refractivity contribution in [1.29, 1.82) is 0 Å². The zero-order valence-corrected chi connectivity index (χ0v) is 9.72. The molecule has 1 atom stereocenters. The van der Waals surface area contributed by atoms with E-state index in [1.807, 2.05) is 6.92 Å². The Morgan fingerprint density at radius 3 is 2.82 bits per heavy atom. The normalized spacial score (nSPS) is 18.1. The van der Waals surface area contributed by atoms with E-state index in [9.17, 15) is 0 Å². The van der Waals surface area contributed by atoms with E-state index in [0.717, 1.165) is 18.7 Å². The van der Waals surface area contributed by atoms with Crippen LogP contribution >= 0.6 is 0 Å². The number of fused-ring (bicyclic) bond motifs is 1. The minimum absolute atomic E-state index is 0.273. The zero-order valence-electron chi connectivity index (χ0n) is 9.72. The summed E-state index contributed by atoms with van der Waals surface area (Å²) in [6.07, 6.45) is 2.15. The van der Waals surface area contributed by atoms with Gasteiger partial charge < -0.3 is 5.73 Å². The number of nitrogens with zero attached hydrogens (tertiary/aromatic N) is 3. The Morgan fingerprint density at radius 1 is 1.18 bits per heavy atom. The smallest absolute Gasteiger partial charge is 0.223 e. The molecule has 3 rings (SSSR count). The molecular formula is C13H14N4.